The summed E-state index contributed by atoms with van der Waals surface area (Å²) in [6.45, 7) is 1.97. The largest absolute Gasteiger partial charge is 0.319 e. The molecule has 114 valence electrons. The summed E-state index contributed by atoms with van der Waals surface area (Å²) >= 11 is 20.5. The van der Waals surface area contributed by atoms with Gasteiger partial charge in [0.25, 0.3) is 5.91 Å². The molecule has 0 unspecified atom stereocenters. The van der Waals surface area contributed by atoms with Gasteiger partial charge in [0, 0.05) is 12.1 Å². The van der Waals surface area contributed by atoms with E-state index in [1.165, 1.54) is 17.4 Å². The Balaban J connectivity index is 2.18. The lowest BCUT2D eigenvalue weighted by molar-refractivity contribution is 0.0998. The molecule has 3 nitrogen and oxygen atoms in total. The Labute approximate surface area is 149 Å². The molecule has 0 saturated carbocycles. The Morgan fingerprint density at radius 2 is 1.91 bits per heavy atom. The fourth-order valence-electron chi connectivity index (χ4n) is 2.21. The second-order valence-electron chi connectivity index (χ2n) is 4.67. The molecular weight excluding hydrogens is 383 g/mol. The van der Waals surface area contributed by atoms with E-state index in [-0.39, 0.29) is 0 Å². The van der Waals surface area contributed by atoms with Crippen LogP contribution in [0.1, 0.15) is 15.9 Å². The molecule has 2 aromatic heterocycles. The number of aryl methyl sites for hydroxylation is 2. The Hall–Kier alpha value is -0.850. The zero-order valence-corrected chi connectivity index (χ0v) is 15.4. The van der Waals surface area contributed by atoms with Crippen LogP contribution in [-0.2, 0) is 7.05 Å². The standard InChI is InChI=1S/C14H9Cl3N2OS2/c1-6-3-7(15)4-9-11(6)19(2)14(21-9)18-13(20)8-5-10(16)22-12(8)17/h3-5H,1-2H3. The Morgan fingerprint density at radius 1 is 1.18 bits per heavy atom. The maximum atomic E-state index is 12.3. The molecule has 0 aliphatic heterocycles. The Bertz CT molecular complexity index is 969. The minimum absolute atomic E-state index is 0.323. The van der Waals surface area contributed by atoms with Gasteiger partial charge in [0.05, 0.1) is 20.1 Å². The van der Waals surface area contributed by atoms with Gasteiger partial charge in [0.15, 0.2) is 4.80 Å². The predicted molar refractivity (Wildman–Crippen MR) is 94.8 cm³/mol. The highest BCUT2D eigenvalue weighted by molar-refractivity contribution is 7.20. The molecule has 3 rings (SSSR count). The minimum atomic E-state index is -0.404. The Kier molecular flexibility index (Phi) is 4.36. The number of hydrogen-bond acceptors (Lipinski definition) is 3. The molecule has 0 N–H and O–H groups in total. The summed E-state index contributed by atoms with van der Waals surface area (Å²) in [5.41, 5.74) is 2.37. The first-order valence-corrected chi connectivity index (χ1v) is 8.93. The number of rotatable bonds is 1. The third-order valence-electron chi connectivity index (χ3n) is 3.14. The van der Waals surface area contributed by atoms with E-state index in [1.54, 1.807) is 0 Å². The van der Waals surface area contributed by atoms with Gasteiger partial charge in [0.1, 0.15) is 4.34 Å². The smallest absolute Gasteiger partial charge is 0.282 e. The van der Waals surface area contributed by atoms with E-state index in [1.807, 2.05) is 30.7 Å². The summed E-state index contributed by atoms with van der Waals surface area (Å²) in [6, 6.07) is 5.29. The van der Waals surface area contributed by atoms with Crippen LogP contribution in [-0.4, -0.2) is 10.5 Å². The van der Waals surface area contributed by atoms with E-state index in [0.29, 0.717) is 24.1 Å². The van der Waals surface area contributed by atoms with Crippen LogP contribution >= 0.6 is 57.5 Å². The summed E-state index contributed by atoms with van der Waals surface area (Å²) < 4.78 is 3.67. The van der Waals surface area contributed by atoms with Crippen molar-refractivity contribution in [2.24, 2.45) is 12.0 Å². The van der Waals surface area contributed by atoms with Gasteiger partial charge in [-0.1, -0.05) is 46.1 Å². The molecule has 8 heteroatoms. The number of amides is 1. The van der Waals surface area contributed by atoms with Crippen molar-refractivity contribution >= 4 is 73.6 Å². The van der Waals surface area contributed by atoms with E-state index in [0.717, 1.165) is 27.1 Å². The molecule has 0 radical (unpaired) electrons. The fraction of sp³-hybridized carbons (Fsp3) is 0.143. The molecule has 1 aromatic carbocycles. The van der Waals surface area contributed by atoms with Crippen molar-refractivity contribution in [1.82, 2.24) is 4.57 Å². The van der Waals surface area contributed by atoms with Crippen molar-refractivity contribution in [2.75, 3.05) is 0 Å². The van der Waals surface area contributed by atoms with Gasteiger partial charge in [-0.25, -0.2) is 0 Å². The highest BCUT2D eigenvalue weighted by Gasteiger charge is 2.15. The zero-order valence-electron chi connectivity index (χ0n) is 11.5. The van der Waals surface area contributed by atoms with Crippen LogP contribution in [0.5, 0.6) is 0 Å². The molecule has 2 heterocycles. The summed E-state index contributed by atoms with van der Waals surface area (Å²) in [7, 11) is 1.87. The third kappa shape index (κ3) is 2.84. The van der Waals surface area contributed by atoms with E-state index < -0.39 is 5.91 Å². The molecule has 0 atom stereocenters. The zero-order chi connectivity index (χ0) is 16.0. The summed E-state index contributed by atoms with van der Waals surface area (Å²) in [5.74, 6) is -0.404. The Morgan fingerprint density at radius 3 is 2.55 bits per heavy atom. The van der Waals surface area contributed by atoms with Crippen LogP contribution in [0, 0.1) is 6.92 Å². The molecule has 0 fully saturated rings. The van der Waals surface area contributed by atoms with Crippen LogP contribution in [0.4, 0.5) is 0 Å². The number of thiazole rings is 1. The van der Waals surface area contributed by atoms with Crippen LogP contribution in [0.15, 0.2) is 23.2 Å². The highest BCUT2D eigenvalue weighted by atomic mass is 35.5. The lowest BCUT2D eigenvalue weighted by atomic mass is 10.2. The number of nitrogens with zero attached hydrogens (tertiary/aromatic N) is 2. The maximum absolute atomic E-state index is 12.3. The first-order chi connectivity index (χ1) is 10.4. The molecule has 0 spiro atoms. The van der Waals surface area contributed by atoms with Crippen molar-refractivity contribution in [1.29, 1.82) is 0 Å². The number of aromatic nitrogens is 1. The summed E-state index contributed by atoms with van der Waals surface area (Å²) in [5, 5.41) is 0.664. The van der Waals surface area contributed by atoms with Crippen LogP contribution in [0.25, 0.3) is 10.2 Å². The van der Waals surface area contributed by atoms with E-state index >= 15 is 0 Å². The minimum Gasteiger partial charge on any atom is -0.319 e. The number of halogens is 3. The van der Waals surface area contributed by atoms with E-state index in [9.17, 15) is 4.79 Å². The van der Waals surface area contributed by atoms with Crippen molar-refractivity contribution in [2.45, 2.75) is 6.92 Å². The normalized spacial score (nSPS) is 12.3. The van der Waals surface area contributed by atoms with Gasteiger partial charge in [-0.05, 0) is 30.7 Å². The number of benzene rings is 1. The van der Waals surface area contributed by atoms with Crippen molar-refractivity contribution in [3.05, 3.63) is 47.8 Å². The molecule has 22 heavy (non-hydrogen) atoms. The molecule has 0 bridgehead atoms. The van der Waals surface area contributed by atoms with Crippen LogP contribution in [0.3, 0.4) is 0 Å². The second-order valence-corrected chi connectivity index (χ2v) is 8.40. The quantitative estimate of drug-likeness (QED) is 0.553. The maximum Gasteiger partial charge on any atom is 0.282 e. The summed E-state index contributed by atoms with van der Waals surface area (Å²) in [4.78, 5) is 17.1. The number of carbonyl (C=O) groups is 1. The first-order valence-electron chi connectivity index (χ1n) is 6.16. The van der Waals surface area contributed by atoms with Gasteiger partial charge < -0.3 is 4.57 Å². The molecule has 0 saturated heterocycles. The average molecular weight is 392 g/mol. The van der Waals surface area contributed by atoms with Crippen LogP contribution < -0.4 is 4.80 Å². The third-order valence-corrected chi connectivity index (χ3v) is 5.92. The number of carbonyl (C=O) groups excluding carboxylic acids is 1. The van der Waals surface area contributed by atoms with Crippen molar-refractivity contribution < 1.29 is 4.79 Å². The van der Waals surface area contributed by atoms with Crippen LogP contribution in [0.2, 0.25) is 13.7 Å². The lowest BCUT2D eigenvalue weighted by Crippen LogP contribution is -2.13. The molecular formula is C14H9Cl3N2OS2. The number of thiophene rings is 1. The number of fused-ring (bicyclic) bond motifs is 1. The molecule has 1 amide bonds. The van der Waals surface area contributed by atoms with Gasteiger partial charge in [0.2, 0.25) is 0 Å². The van der Waals surface area contributed by atoms with Gasteiger partial charge in [-0.2, -0.15) is 4.99 Å². The van der Waals surface area contributed by atoms with Gasteiger partial charge in [-0.3, -0.25) is 4.79 Å². The topological polar surface area (TPSA) is 34.4 Å². The van der Waals surface area contributed by atoms with Gasteiger partial charge >= 0.3 is 0 Å². The number of hydrogen-bond donors (Lipinski definition) is 0. The second kappa shape index (κ2) is 5.98. The average Bonchev–Trinajstić information content (AvgIpc) is 2.90. The first kappa shape index (κ1) is 16.0. The lowest BCUT2D eigenvalue weighted by Gasteiger charge is -2.00. The molecule has 0 aliphatic carbocycles. The van der Waals surface area contributed by atoms with Crippen molar-refractivity contribution in [3.63, 3.8) is 0 Å². The van der Waals surface area contributed by atoms with Crippen molar-refractivity contribution in [3.8, 4) is 0 Å². The predicted octanol–water partition coefficient (Wildman–Crippen LogP) is 5.31. The fourth-order valence-corrected chi connectivity index (χ4v) is 5.13. The summed E-state index contributed by atoms with van der Waals surface area (Å²) in [6.07, 6.45) is 0. The highest BCUT2D eigenvalue weighted by Crippen LogP contribution is 2.31. The van der Waals surface area contributed by atoms with Gasteiger partial charge in [-0.15, -0.1) is 11.3 Å². The van der Waals surface area contributed by atoms with E-state index in [2.05, 4.69) is 4.99 Å². The monoisotopic (exact) mass is 390 g/mol. The molecule has 3 aromatic rings. The molecule has 0 aliphatic rings. The SMILES string of the molecule is Cc1cc(Cl)cc2sc(=NC(=O)c3cc(Cl)sc3Cl)n(C)c12. The van der Waals surface area contributed by atoms with E-state index in [4.69, 9.17) is 34.8 Å².